The fourth-order valence-electron chi connectivity index (χ4n) is 4.17. The minimum Gasteiger partial charge on any atom is -0.493 e. The fraction of sp³-hybridized carbons (Fsp3) is 0.333. The Morgan fingerprint density at radius 1 is 1.17 bits per heavy atom. The summed E-state index contributed by atoms with van der Waals surface area (Å²) in [6.07, 6.45) is 4.51. The van der Waals surface area contributed by atoms with Crippen molar-refractivity contribution in [1.29, 1.82) is 0 Å². The van der Waals surface area contributed by atoms with Crippen LogP contribution in [0, 0.1) is 5.92 Å². The lowest BCUT2D eigenvalue weighted by atomic mass is 10.0. The van der Waals surface area contributed by atoms with E-state index in [2.05, 4.69) is 14.9 Å². The quantitative estimate of drug-likeness (QED) is 0.710. The Hall–Kier alpha value is -3.28. The summed E-state index contributed by atoms with van der Waals surface area (Å²) in [6, 6.07) is 17.8. The largest absolute Gasteiger partial charge is 0.493 e. The molecule has 1 amide bonds. The van der Waals surface area contributed by atoms with Crippen molar-refractivity contribution in [3.05, 3.63) is 77.9 Å². The molecule has 0 saturated carbocycles. The number of amides is 1. The van der Waals surface area contributed by atoms with Crippen molar-refractivity contribution in [2.45, 2.75) is 31.8 Å². The van der Waals surface area contributed by atoms with Crippen molar-refractivity contribution < 1.29 is 14.3 Å². The fourth-order valence-corrected chi connectivity index (χ4v) is 4.17. The third-order valence-corrected chi connectivity index (χ3v) is 5.77. The number of para-hydroxylation sites is 2. The summed E-state index contributed by atoms with van der Waals surface area (Å²) < 4.78 is 13.8. The Labute approximate surface area is 175 Å². The van der Waals surface area contributed by atoms with E-state index in [4.69, 9.17) is 9.47 Å². The van der Waals surface area contributed by atoms with E-state index in [-0.39, 0.29) is 11.9 Å². The van der Waals surface area contributed by atoms with E-state index in [1.165, 1.54) is 0 Å². The molecule has 2 aliphatic rings. The van der Waals surface area contributed by atoms with Crippen LogP contribution in [-0.2, 0) is 19.4 Å². The molecule has 6 nitrogen and oxygen atoms in total. The van der Waals surface area contributed by atoms with Gasteiger partial charge in [-0.25, -0.2) is 4.98 Å². The minimum atomic E-state index is -0.137. The van der Waals surface area contributed by atoms with Crippen LogP contribution in [0.15, 0.2) is 60.8 Å². The Morgan fingerprint density at radius 3 is 2.90 bits per heavy atom. The monoisotopic (exact) mass is 403 g/mol. The number of ether oxygens (including phenoxy) is 2. The van der Waals surface area contributed by atoms with Gasteiger partial charge < -0.3 is 19.4 Å². The summed E-state index contributed by atoms with van der Waals surface area (Å²) >= 11 is 0. The zero-order valence-electron chi connectivity index (χ0n) is 16.8. The van der Waals surface area contributed by atoms with Gasteiger partial charge in [-0.1, -0.05) is 36.4 Å². The molecule has 5 rings (SSSR count). The number of hydrogen-bond donors (Lipinski definition) is 1. The third-order valence-electron chi connectivity index (χ3n) is 5.77. The number of nitrogens with zero attached hydrogens (tertiary/aromatic N) is 2. The van der Waals surface area contributed by atoms with Crippen LogP contribution in [0.4, 0.5) is 0 Å². The predicted octanol–water partition coefficient (Wildman–Crippen LogP) is 3.26. The van der Waals surface area contributed by atoms with Gasteiger partial charge in [-0.2, -0.15) is 0 Å². The molecule has 0 saturated heterocycles. The Kier molecular flexibility index (Phi) is 5.13. The molecule has 0 bridgehead atoms. The first-order chi connectivity index (χ1) is 14.7. The molecular formula is C24H25N3O3. The summed E-state index contributed by atoms with van der Waals surface area (Å²) in [4.78, 5) is 17.4. The second kappa shape index (κ2) is 8.22. The molecule has 2 unspecified atom stereocenters. The van der Waals surface area contributed by atoms with Crippen LogP contribution < -0.4 is 14.8 Å². The zero-order valence-corrected chi connectivity index (χ0v) is 16.8. The van der Waals surface area contributed by atoms with Gasteiger partial charge in [-0.05, 0) is 36.6 Å². The predicted molar refractivity (Wildman–Crippen MR) is 113 cm³/mol. The second-order valence-electron chi connectivity index (χ2n) is 8.02. The molecule has 3 aromatic rings. The van der Waals surface area contributed by atoms with Gasteiger partial charge in [0, 0.05) is 25.1 Å². The standard InChI is InChI=1S/C24H25N3O3/c28-24(25-19-12-18-6-4-5-9-22(18)30-16-19)21-14-27-13-17(10-11-23(27)26-21)15-29-20-7-2-1-3-8-20/h1-9,14,17,19H,10-13,15-16H2,(H,25,28). The summed E-state index contributed by atoms with van der Waals surface area (Å²) in [5.74, 6) is 3.05. The number of aryl methyl sites for hydroxylation is 1. The Morgan fingerprint density at radius 2 is 2.00 bits per heavy atom. The number of aromatic nitrogens is 2. The molecule has 1 N–H and O–H groups in total. The van der Waals surface area contributed by atoms with Crippen LogP contribution in [-0.4, -0.2) is 34.7 Å². The van der Waals surface area contributed by atoms with Crippen molar-refractivity contribution in [3.8, 4) is 11.5 Å². The second-order valence-corrected chi connectivity index (χ2v) is 8.02. The van der Waals surface area contributed by atoms with Gasteiger partial charge in [-0.3, -0.25) is 4.79 Å². The van der Waals surface area contributed by atoms with Crippen LogP contribution in [0.5, 0.6) is 11.5 Å². The Balaban J connectivity index is 1.18. The van der Waals surface area contributed by atoms with Gasteiger partial charge in [0.2, 0.25) is 0 Å². The highest BCUT2D eigenvalue weighted by atomic mass is 16.5. The summed E-state index contributed by atoms with van der Waals surface area (Å²) in [6.45, 7) is 1.97. The molecule has 1 aromatic heterocycles. The van der Waals surface area contributed by atoms with E-state index in [9.17, 15) is 4.79 Å². The molecule has 0 aliphatic carbocycles. The molecule has 0 fully saturated rings. The normalized spacial score (nSPS) is 19.9. The number of fused-ring (bicyclic) bond motifs is 2. The van der Waals surface area contributed by atoms with E-state index in [0.717, 1.165) is 48.7 Å². The van der Waals surface area contributed by atoms with E-state index < -0.39 is 0 Å². The number of carbonyl (C=O) groups excluding carboxylic acids is 1. The van der Waals surface area contributed by atoms with Crippen molar-refractivity contribution in [2.24, 2.45) is 5.92 Å². The van der Waals surface area contributed by atoms with E-state index >= 15 is 0 Å². The maximum Gasteiger partial charge on any atom is 0.271 e. The smallest absolute Gasteiger partial charge is 0.271 e. The lowest BCUT2D eigenvalue weighted by Crippen LogP contribution is -2.42. The highest BCUT2D eigenvalue weighted by Gasteiger charge is 2.25. The first-order valence-corrected chi connectivity index (χ1v) is 10.5. The van der Waals surface area contributed by atoms with Gasteiger partial charge in [0.25, 0.3) is 5.91 Å². The van der Waals surface area contributed by atoms with Crippen molar-refractivity contribution in [3.63, 3.8) is 0 Å². The minimum absolute atomic E-state index is 0.0434. The molecular weight excluding hydrogens is 378 g/mol. The van der Waals surface area contributed by atoms with Crippen LogP contribution in [0.2, 0.25) is 0 Å². The molecule has 2 aliphatic heterocycles. The highest BCUT2D eigenvalue weighted by molar-refractivity contribution is 5.92. The first kappa shape index (κ1) is 18.7. The van der Waals surface area contributed by atoms with Gasteiger partial charge in [-0.15, -0.1) is 0 Å². The van der Waals surface area contributed by atoms with Gasteiger partial charge in [0.05, 0.1) is 12.6 Å². The summed E-state index contributed by atoms with van der Waals surface area (Å²) in [5.41, 5.74) is 1.60. The highest BCUT2D eigenvalue weighted by Crippen LogP contribution is 2.25. The maximum absolute atomic E-state index is 12.8. The molecule has 2 atom stereocenters. The van der Waals surface area contributed by atoms with Gasteiger partial charge in [0.15, 0.2) is 0 Å². The lowest BCUT2D eigenvalue weighted by Gasteiger charge is -2.25. The van der Waals surface area contributed by atoms with E-state index in [1.54, 1.807) is 0 Å². The van der Waals surface area contributed by atoms with Crippen LogP contribution in [0.25, 0.3) is 0 Å². The van der Waals surface area contributed by atoms with Crippen molar-refractivity contribution in [1.82, 2.24) is 14.9 Å². The zero-order chi connectivity index (χ0) is 20.3. The van der Waals surface area contributed by atoms with Crippen molar-refractivity contribution in [2.75, 3.05) is 13.2 Å². The van der Waals surface area contributed by atoms with Gasteiger partial charge in [0.1, 0.15) is 29.6 Å². The molecule has 3 heterocycles. The maximum atomic E-state index is 12.8. The number of hydrogen-bond acceptors (Lipinski definition) is 4. The summed E-state index contributed by atoms with van der Waals surface area (Å²) in [7, 11) is 0. The van der Waals surface area contributed by atoms with Crippen molar-refractivity contribution >= 4 is 5.91 Å². The SMILES string of the molecule is O=C(NC1COc2ccccc2C1)c1cn2c(n1)CCC(COc1ccccc1)C2. The average Bonchev–Trinajstić information content (AvgIpc) is 3.22. The number of carbonyl (C=O) groups is 1. The number of benzene rings is 2. The van der Waals surface area contributed by atoms with Crippen LogP contribution in [0.3, 0.4) is 0 Å². The third kappa shape index (κ3) is 4.03. The van der Waals surface area contributed by atoms with E-state index in [1.807, 2.05) is 60.8 Å². The number of imidazole rings is 1. The molecule has 6 heteroatoms. The molecule has 0 radical (unpaired) electrons. The number of nitrogens with one attached hydrogen (secondary N) is 1. The number of rotatable bonds is 5. The summed E-state index contributed by atoms with van der Waals surface area (Å²) in [5, 5.41) is 3.08. The van der Waals surface area contributed by atoms with Crippen LogP contribution >= 0.6 is 0 Å². The molecule has 154 valence electrons. The molecule has 2 aromatic carbocycles. The first-order valence-electron chi connectivity index (χ1n) is 10.5. The molecule has 30 heavy (non-hydrogen) atoms. The Bertz CT molecular complexity index is 1030. The lowest BCUT2D eigenvalue weighted by molar-refractivity contribution is 0.0910. The molecule has 0 spiro atoms. The topological polar surface area (TPSA) is 65.4 Å². The van der Waals surface area contributed by atoms with Gasteiger partial charge >= 0.3 is 0 Å². The van der Waals surface area contributed by atoms with Crippen LogP contribution in [0.1, 0.15) is 28.3 Å². The average molecular weight is 403 g/mol. The van der Waals surface area contributed by atoms with E-state index in [0.29, 0.717) is 24.8 Å².